The number of anilines is 1. The highest BCUT2D eigenvalue weighted by atomic mass is 14.9. The lowest BCUT2D eigenvalue weighted by Crippen LogP contribution is -2.03. The molecule has 0 aliphatic heterocycles. The number of hydrogen-bond acceptors (Lipinski definition) is 5. The largest absolute Gasteiger partial charge is 0.377 e. The Morgan fingerprint density at radius 1 is 1.25 bits per heavy atom. The number of nitrogens with zero attached hydrogens (tertiary/aromatic N) is 4. The highest BCUT2D eigenvalue weighted by Crippen LogP contribution is 2.12. The van der Waals surface area contributed by atoms with E-state index in [1.54, 1.807) is 24.7 Å². The molecule has 0 amide bonds. The molecule has 2 aromatic heterocycles. The summed E-state index contributed by atoms with van der Waals surface area (Å²) in [5.41, 5.74) is 2.15. The summed E-state index contributed by atoms with van der Waals surface area (Å²) in [5.74, 6) is 0. The van der Waals surface area contributed by atoms with Crippen molar-refractivity contribution >= 4 is 5.69 Å². The van der Waals surface area contributed by atoms with Gasteiger partial charge in [-0.2, -0.15) is 5.26 Å². The number of nitrogens with one attached hydrogen (secondary N) is 1. The summed E-state index contributed by atoms with van der Waals surface area (Å²) in [6, 6.07) is 5.58. The lowest BCUT2D eigenvalue weighted by Gasteiger charge is -2.06. The maximum Gasteiger partial charge on any atom is 0.115 e. The SMILES string of the molecule is N#Cc1ccncc1NCc1ccncn1. The number of nitriles is 1. The Morgan fingerprint density at radius 3 is 2.88 bits per heavy atom. The highest BCUT2D eigenvalue weighted by Gasteiger charge is 2.00. The second-order valence-electron chi connectivity index (χ2n) is 3.09. The van der Waals surface area contributed by atoms with Gasteiger partial charge in [0.2, 0.25) is 0 Å². The van der Waals surface area contributed by atoms with Crippen molar-refractivity contribution < 1.29 is 0 Å². The van der Waals surface area contributed by atoms with Gasteiger partial charge >= 0.3 is 0 Å². The van der Waals surface area contributed by atoms with Crippen molar-refractivity contribution in [2.75, 3.05) is 5.32 Å². The van der Waals surface area contributed by atoms with Crippen LogP contribution in [0.2, 0.25) is 0 Å². The van der Waals surface area contributed by atoms with E-state index in [2.05, 4.69) is 26.3 Å². The average Bonchev–Trinajstić information content (AvgIpc) is 2.38. The predicted molar refractivity (Wildman–Crippen MR) is 58.3 cm³/mol. The van der Waals surface area contributed by atoms with Crippen LogP contribution in [0.1, 0.15) is 11.3 Å². The molecular weight excluding hydrogens is 202 g/mol. The van der Waals surface area contributed by atoms with E-state index in [9.17, 15) is 0 Å². The van der Waals surface area contributed by atoms with Crippen LogP contribution in [-0.4, -0.2) is 15.0 Å². The third-order valence-corrected chi connectivity index (χ3v) is 2.04. The van der Waals surface area contributed by atoms with Gasteiger partial charge in [-0.15, -0.1) is 0 Å². The van der Waals surface area contributed by atoms with Crippen LogP contribution in [0.25, 0.3) is 0 Å². The molecule has 0 saturated carbocycles. The fraction of sp³-hybridized carbons (Fsp3) is 0.0909. The minimum Gasteiger partial charge on any atom is -0.377 e. The molecule has 0 spiro atoms. The predicted octanol–water partition coefficient (Wildman–Crippen LogP) is 1.36. The Morgan fingerprint density at radius 2 is 2.12 bits per heavy atom. The molecule has 2 rings (SSSR count). The second kappa shape index (κ2) is 4.84. The first-order valence-electron chi connectivity index (χ1n) is 4.73. The van der Waals surface area contributed by atoms with E-state index in [1.807, 2.05) is 6.07 Å². The van der Waals surface area contributed by atoms with E-state index in [4.69, 9.17) is 5.26 Å². The van der Waals surface area contributed by atoms with Gasteiger partial charge in [0.05, 0.1) is 29.7 Å². The molecule has 1 N–H and O–H groups in total. The standard InChI is InChI=1S/C11H9N5/c12-5-9-1-3-13-7-11(9)15-6-10-2-4-14-8-16-10/h1-4,7-8,15H,6H2. The zero-order valence-corrected chi connectivity index (χ0v) is 8.46. The van der Waals surface area contributed by atoms with Crippen LogP contribution in [0.4, 0.5) is 5.69 Å². The van der Waals surface area contributed by atoms with Gasteiger partial charge in [0.25, 0.3) is 0 Å². The fourth-order valence-electron chi connectivity index (χ4n) is 1.24. The minimum absolute atomic E-state index is 0.545. The third-order valence-electron chi connectivity index (χ3n) is 2.04. The van der Waals surface area contributed by atoms with Crippen LogP contribution in [0.5, 0.6) is 0 Å². The lowest BCUT2D eigenvalue weighted by atomic mass is 10.2. The quantitative estimate of drug-likeness (QED) is 0.829. The van der Waals surface area contributed by atoms with Crippen LogP contribution < -0.4 is 5.32 Å². The molecule has 0 radical (unpaired) electrons. The molecule has 16 heavy (non-hydrogen) atoms. The minimum atomic E-state index is 0.545. The van der Waals surface area contributed by atoms with Crippen molar-refractivity contribution in [1.82, 2.24) is 15.0 Å². The van der Waals surface area contributed by atoms with Crippen molar-refractivity contribution in [2.45, 2.75) is 6.54 Å². The summed E-state index contributed by atoms with van der Waals surface area (Å²) in [4.78, 5) is 11.9. The molecule has 5 nitrogen and oxygen atoms in total. The number of pyridine rings is 1. The molecule has 0 atom stereocenters. The summed E-state index contributed by atoms with van der Waals surface area (Å²) >= 11 is 0. The average molecular weight is 211 g/mol. The monoisotopic (exact) mass is 211 g/mol. The van der Waals surface area contributed by atoms with Gasteiger partial charge in [-0.3, -0.25) is 4.98 Å². The van der Waals surface area contributed by atoms with Gasteiger partial charge in [0.15, 0.2) is 0 Å². The zero-order valence-electron chi connectivity index (χ0n) is 8.46. The Bertz CT molecular complexity index is 503. The molecule has 2 heterocycles. The molecular formula is C11H9N5. The van der Waals surface area contributed by atoms with Crippen molar-refractivity contribution in [2.24, 2.45) is 0 Å². The normalized spacial score (nSPS) is 9.44. The third kappa shape index (κ3) is 2.30. The van der Waals surface area contributed by atoms with E-state index in [0.29, 0.717) is 17.8 Å². The fourth-order valence-corrected chi connectivity index (χ4v) is 1.24. The first-order valence-corrected chi connectivity index (χ1v) is 4.73. The smallest absolute Gasteiger partial charge is 0.115 e. The topological polar surface area (TPSA) is 74.5 Å². The van der Waals surface area contributed by atoms with Crippen molar-refractivity contribution in [3.05, 3.63) is 48.3 Å². The van der Waals surface area contributed by atoms with Gasteiger partial charge in [-0.05, 0) is 12.1 Å². The summed E-state index contributed by atoms with van der Waals surface area (Å²) in [7, 11) is 0. The Kier molecular flexibility index (Phi) is 3.04. The molecule has 0 unspecified atom stereocenters. The van der Waals surface area contributed by atoms with Crippen LogP contribution >= 0.6 is 0 Å². The van der Waals surface area contributed by atoms with Gasteiger partial charge < -0.3 is 5.32 Å². The molecule has 0 saturated heterocycles. The van der Waals surface area contributed by atoms with Gasteiger partial charge in [0.1, 0.15) is 12.4 Å². The van der Waals surface area contributed by atoms with Crippen LogP contribution in [0.15, 0.2) is 37.1 Å². The zero-order chi connectivity index (χ0) is 11.2. The molecule has 0 aliphatic carbocycles. The van der Waals surface area contributed by atoms with Crippen LogP contribution in [0, 0.1) is 11.3 Å². The second-order valence-corrected chi connectivity index (χ2v) is 3.09. The molecule has 0 aromatic carbocycles. The molecule has 78 valence electrons. The first-order chi connectivity index (χ1) is 7.90. The number of aromatic nitrogens is 3. The van der Waals surface area contributed by atoms with E-state index in [-0.39, 0.29) is 0 Å². The lowest BCUT2D eigenvalue weighted by molar-refractivity contribution is 1.00. The van der Waals surface area contributed by atoms with Crippen molar-refractivity contribution in [1.29, 1.82) is 5.26 Å². The van der Waals surface area contributed by atoms with Gasteiger partial charge in [-0.1, -0.05) is 0 Å². The maximum atomic E-state index is 8.87. The molecule has 0 bridgehead atoms. The summed E-state index contributed by atoms with van der Waals surface area (Å²) in [6.07, 6.45) is 6.39. The van der Waals surface area contributed by atoms with E-state index < -0.39 is 0 Å². The Balaban J connectivity index is 2.09. The van der Waals surface area contributed by atoms with Gasteiger partial charge in [0, 0.05) is 12.4 Å². The van der Waals surface area contributed by atoms with E-state index in [0.717, 1.165) is 5.69 Å². The number of hydrogen-bond donors (Lipinski definition) is 1. The number of rotatable bonds is 3. The summed E-state index contributed by atoms with van der Waals surface area (Å²) < 4.78 is 0. The maximum absolute atomic E-state index is 8.87. The summed E-state index contributed by atoms with van der Waals surface area (Å²) in [6.45, 7) is 0.545. The van der Waals surface area contributed by atoms with E-state index in [1.165, 1.54) is 6.33 Å². The first kappa shape index (κ1) is 10.1. The van der Waals surface area contributed by atoms with E-state index >= 15 is 0 Å². The molecule has 0 aliphatic rings. The van der Waals surface area contributed by atoms with Crippen molar-refractivity contribution in [3.63, 3.8) is 0 Å². The molecule has 2 aromatic rings. The Labute approximate surface area is 92.8 Å². The Hall–Kier alpha value is -2.48. The molecule has 0 fully saturated rings. The molecule has 5 heteroatoms. The van der Waals surface area contributed by atoms with Crippen LogP contribution in [0.3, 0.4) is 0 Å². The summed E-state index contributed by atoms with van der Waals surface area (Å²) in [5, 5.41) is 12.0. The highest BCUT2D eigenvalue weighted by molar-refractivity contribution is 5.55. The van der Waals surface area contributed by atoms with Crippen LogP contribution in [-0.2, 0) is 6.54 Å². The van der Waals surface area contributed by atoms with Gasteiger partial charge in [-0.25, -0.2) is 9.97 Å². The van der Waals surface area contributed by atoms with Crippen molar-refractivity contribution in [3.8, 4) is 6.07 Å².